The van der Waals surface area contributed by atoms with Crippen LogP contribution in [-0.2, 0) is 14.3 Å². The molecule has 0 bridgehead atoms. The van der Waals surface area contributed by atoms with Gasteiger partial charge in [0.15, 0.2) is 0 Å². The molecule has 0 aliphatic carbocycles. The molecule has 1 N–H and O–H groups in total. The van der Waals surface area contributed by atoms with Gasteiger partial charge in [0.1, 0.15) is 5.78 Å². The Morgan fingerprint density at radius 2 is 2.16 bits per heavy atom. The smallest absolute Gasteiger partial charge is 0.234 e. The number of hydrogen-bond donors (Lipinski definition) is 1. The lowest BCUT2D eigenvalue weighted by atomic mass is 9.94. The summed E-state index contributed by atoms with van der Waals surface area (Å²) in [5, 5.41) is 3.06. The molecule has 2 aliphatic heterocycles. The van der Waals surface area contributed by atoms with E-state index in [-0.39, 0.29) is 17.9 Å². The van der Waals surface area contributed by atoms with Crippen molar-refractivity contribution in [3.63, 3.8) is 0 Å². The van der Waals surface area contributed by atoms with Crippen molar-refractivity contribution in [2.45, 2.75) is 38.6 Å². The summed E-state index contributed by atoms with van der Waals surface area (Å²) in [6.45, 7) is 5.38. The largest absolute Gasteiger partial charge is 0.381 e. The highest BCUT2D eigenvalue weighted by molar-refractivity contribution is 5.83. The van der Waals surface area contributed by atoms with E-state index < -0.39 is 0 Å². The van der Waals surface area contributed by atoms with E-state index in [1.807, 2.05) is 6.92 Å². The van der Waals surface area contributed by atoms with Crippen molar-refractivity contribution in [2.75, 3.05) is 32.8 Å². The number of rotatable bonds is 4. The zero-order valence-corrected chi connectivity index (χ0v) is 11.7. The van der Waals surface area contributed by atoms with Crippen LogP contribution >= 0.6 is 0 Å². The molecule has 2 fully saturated rings. The minimum absolute atomic E-state index is 0.0797. The van der Waals surface area contributed by atoms with Crippen LogP contribution in [0.15, 0.2) is 0 Å². The van der Waals surface area contributed by atoms with Crippen LogP contribution in [-0.4, -0.2) is 55.5 Å². The molecular weight excluding hydrogens is 244 g/mol. The van der Waals surface area contributed by atoms with Gasteiger partial charge in [-0.3, -0.25) is 14.5 Å². The third-order valence-corrected chi connectivity index (χ3v) is 4.05. The topological polar surface area (TPSA) is 58.6 Å². The maximum atomic E-state index is 12.0. The molecule has 5 nitrogen and oxygen atoms in total. The van der Waals surface area contributed by atoms with Gasteiger partial charge in [-0.2, -0.15) is 0 Å². The van der Waals surface area contributed by atoms with Crippen LogP contribution < -0.4 is 5.32 Å². The Balaban J connectivity index is 1.74. The van der Waals surface area contributed by atoms with Gasteiger partial charge in [0.2, 0.25) is 5.91 Å². The van der Waals surface area contributed by atoms with Crippen LogP contribution in [0.5, 0.6) is 0 Å². The predicted octanol–water partition coefficient (Wildman–Crippen LogP) is 0.583. The summed E-state index contributed by atoms with van der Waals surface area (Å²) in [7, 11) is 0. The van der Waals surface area contributed by atoms with Gasteiger partial charge in [0, 0.05) is 44.7 Å². The monoisotopic (exact) mass is 268 g/mol. The third-order valence-electron chi connectivity index (χ3n) is 4.05. The molecule has 0 saturated carbocycles. The lowest BCUT2D eigenvalue weighted by Crippen LogP contribution is -2.48. The first kappa shape index (κ1) is 14.5. The van der Waals surface area contributed by atoms with Gasteiger partial charge in [-0.1, -0.05) is 6.92 Å². The molecular formula is C14H24N2O3. The highest BCUT2D eigenvalue weighted by Crippen LogP contribution is 2.15. The van der Waals surface area contributed by atoms with E-state index in [9.17, 15) is 9.59 Å². The van der Waals surface area contributed by atoms with Crippen molar-refractivity contribution in [1.29, 1.82) is 0 Å². The standard InChI is InChI=1S/C14H24N2O3/c1-2-11-9-16(6-3-13(11)17)10-14(18)15-12-4-7-19-8-5-12/h11-12H,2-10H2,1H3,(H,15,18). The summed E-state index contributed by atoms with van der Waals surface area (Å²) in [6.07, 6.45) is 3.27. The fourth-order valence-corrected chi connectivity index (χ4v) is 2.80. The zero-order chi connectivity index (χ0) is 13.7. The maximum Gasteiger partial charge on any atom is 0.234 e. The fourth-order valence-electron chi connectivity index (χ4n) is 2.80. The van der Waals surface area contributed by atoms with E-state index >= 15 is 0 Å². The van der Waals surface area contributed by atoms with Gasteiger partial charge >= 0.3 is 0 Å². The molecule has 1 amide bonds. The average molecular weight is 268 g/mol. The first-order valence-electron chi connectivity index (χ1n) is 7.31. The molecule has 2 rings (SSSR count). The minimum atomic E-state index is 0.0797. The van der Waals surface area contributed by atoms with E-state index in [2.05, 4.69) is 10.2 Å². The molecule has 2 saturated heterocycles. The Morgan fingerprint density at radius 1 is 1.42 bits per heavy atom. The SMILES string of the molecule is CCC1CN(CC(=O)NC2CCOCC2)CCC1=O. The Bertz CT molecular complexity index is 327. The third kappa shape index (κ3) is 4.28. The summed E-state index contributed by atoms with van der Waals surface area (Å²) < 4.78 is 5.27. The van der Waals surface area contributed by atoms with Gasteiger partial charge in [-0.25, -0.2) is 0 Å². The average Bonchev–Trinajstić information content (AvgIpc) is 2.42. The Kier molecular flexibility index (Phi) is 5.34. The van der Waals surface area contributed by atoms with E-state index in [1.54, 1.807) is 0 Å². The normalized spacial score (nSPS) is 26.4. The molecule has 19 heavy (non-hydrogen) atoms. The molecule has 0 aromatic heterocycles. The van der Waals surface area contributed by atoms with E-state index in [0.717, 1.165) is 45.6 Å². The molecule has 108 valence electrons. The molecule has 0 aromatic rings. The molecule has 5 heteroatoms. The second-order valence-corrected chi connectivity index (χ2v) is 5.51. The Labute approximate surface area is 114 Å². The summed E-state index contributed by atoms with van der Waals surface area (Å²) in [5.74, 6) is 0.546. The van der Waals surface area contributed by atoms with Crippen LogP contribution in [0.2, 0.25) is 0 Å². The first-order valence-corrected chi connectivity index (χ1v) is 7.31. The van der Waals surface area contributed by atoms with Crippen LogP contribution in [0.4, 0.5) is 0 Å². The molecule has 0 aromatic carbocycles. The van der Waals surface area contributed by atoms with Crippen molar-refractivity contribution < 1.29 is 14.3 Å². The van der Waals surface area contributed by atoms with Gasteiger partial charge in [-0.15, -0.1) is 0 Å². The van der Waals surface area contributed by atoms with E-state index in [4.69, 9.17) is 4.74 Å². The van der Waals surface area contributed by atoms with E-state index in [1.165, 1.54) is 0 Å². The quantitative estimate of drug-likeness (QED) is 0.810. The number of nitrogens with one attached hydrogen (secondary N) is 1. The second kappa shape index (κ2) is 7.01. The number of ether oxygens (including phenoxy) is 1. The maximum absolute atomic E-state index is 12.0. The molecule has 0 radical (unpaired) electrons. The number of piperidine rings is 1. The van der Waals surface area contributed by atoms with Crippen molar-refractivity contribution in [1.82, 2.24) is 10.2 Å². The Morgan fingerprint density at radius 3 is 2.84 bits per heavy atom. The molecule has 0 spiro atoms. The van der Waals surface area contributed by atoms with Crippen LogP contribution in [0.3, 0.4) is 0 Å². The number of Topliss-reactive ketones (excluding diaryl/α,β-unsaturated/α-hetero) is 1. The Hall–Kier alpha value is -0.940. The van der Waals surface area contributed by atoms with Gasteiger partial charge in [0.05, 0.1) is 6.54 Å². The fraction of sp³-hybridized carbons (Fsp3) is 0.857. The van der Waals surface area contributed by atoms with Gasteiger partial charge < -0.3 is 10.1 Å². The summed E-state index contributed by atoms with van der Waals surface area (Å²) in [4.78, 5) is 25.7. The second-order valence-electron chi connectivity index (χ2n) is 5.51. The predicted molar refractivity (Wildman–Crippen MR) is 71.8 cm³/mol. The zero-order valence-electron chi connectivity index (χ0n) is 11.7. The lowest BCUT2D eigenvalue weighted by molar-refractivity contribution is -0.130. The highest BCUT2D eigenvalue weighted by atomic mass is 16.5. The number of hydrogen-bond acceptors (Lipinski definition) is 4. The van der Waals surface area contributed by atoms with Crippen molar-refractivity contribution >= 4 is 11.7 Å². The minimum Gasteiger partial charge on any atom is -0.381 e. The van der Waals surface area contributed by atoms with Crippen molar-refractivity contribution in [3.8, 4) is 0 Å². The number of ketones is 1. The van der Waals surface area contributed by atoms with Gasteiger partial charge in [0.25, 0.3) is 0 Å². The van der Waals surface area contributed by atoms with Crippen LogP contribution in [0.25, 0.3) is 0 Å². The van der Waals surface area contributed by atoms with Crippen molar-refractivity contribution in [3.05, 3.63) is 0 Å². The summed E-state index contributed by atoms with van der Waals surface area (Å²) in [5.41, 5.74) is 0. The first-order chi connectivity index (χ1) is 9.19. The van der Waals surface area contributed by atoms with E-state index in [0.29, 0.717) is 18.7 Å². The number of carbonyl (C=O) groups excluding carboxylic acids is 2. The van der Waals surface area contributed by atoms with Gasteiger partial charge in [-0.05, 0) is 19.3 Å². The lowest BCUT2D eigenvalue weighted by Gasteiger charge is -2.31. The van der Waals surface area contributed by atoms with Crippen molar-refractivity contribution in [2.24, 2.45) is 5.92 Å². The van der Waals surface area contributed by atoms with Crippen LogP contribution in [0, 0.1) is 5.92 Å². The number of nitrogens with zero attached hydrogens (tertiary/aromatic N) is 1. The number of carbonyl (C=O) groups is 2. The highest BCUT2D eigenvalue weighted by Gasteiger charge is 2.27. The molecule has 2 aliphatic rings. The number of amides is 1. The summed E-state index contributed by atoms with van der Waals surface area (Å²) in [6, 6.07) is 0.259. The molecule has 1 unspecified atom stereocenters. The number of likely N-dealkylation sites (tertiary alicyclic amines) is 1. The van der Waals surface area contributed by atoms with Crippen LogP contribution in [0.1, 0.15) is 32.6 Å². The molecule has 1 atom stereocenters. The summed E-state index contributed by atoms with van der Waals surface area (Å²) >= 11 is 0. The molecule has 2 heterocycles.